The standard InChI is InChI=1S/C15H12Cl2N2S/c1-9-5-10(2)19-15(13(9)7-18)20-8-11-6-12(16)3-4-14(11)17/h3-6H,8H2,1-2H3. The van der Waals surface area contributed by atoms with Gasteiger partial charge in [-0.1, -0.05) is 23.2 Å². The highest BCUT2D eigenvalue weighted by Gasteiger charge is 2.10. The molecule has 102 valence electrons. The molecule has 0 N–H and O–H groups in total. The van der Waals surface area contributed by atoms with Crippen LogP contribution in [0.3, 0.4) is 0 Å². The van der Waals surface area contributed by atoms with E-state index in [9.17, 15) is 5.26 Å². The van der Waals surface area contributed by atoms with Crippen molar-refractivity contribution in [3.05, 3.63) is 56.7 Å². The molecule has 0 radical (unpaired) electrons. The van der Waals surface area contributed by atoms with Gasteiger partial charge in [-0.15, -0.1) is 11.8 Å². The normalized spacial score (nSPS) is 10.3. The summed E-state index contributed by atoms with van der Waals surface area (Å²) in [6, 6.07) is 9.50. The Balaban J connectivity index is 2.27. The largest absolute Gasteiger partial charge is 0.245 e. The Kier molecular flexibility index (Phi) is 4.93. The van der Waals surface area contributed by atoms with Gasteiger partial charge in [-0.25, -0.2) is 4.98 Å². The van der Waals surface area contributed by atoms with E-state index in [0.29, 0.717) is 21.4 Å². The lowest BCUT2D eigenvalue weighted by atomic mass is 10.1. The van der Waals surface area contributed by atoms with Crippen LogP contribution in [0.25, 0.3) is 0 Å². The first-order valence-electron chi connectivity index (χ1n) is 5.96. The first-order chi connectivity index (χ1) is 9.51. The average Bonchev–Trinajstić information content (AvgIpc) is 2.39. The number of hydrogen-bond donors (Lipinski definition) is 0. The number of pyridine rings is 1. The molecule has 2 nitrogen and oxygen atoms in total. The summed E-state index contributed by atoms with van der Waals surface area (Å²) < 4.78 is 0. The molecule has 2 rings (SSSR count). The van der Waals surface area contributed by atoms with Crippen LogP contribution in [0.1, 0.15) is 22.4 Å². The molecule has 1 heterocycles. The molecule has 1 aromatic heterocycles. The van der Waals surface area contributed by atoms with E-state index in [4.69, 9.17) is 23.2 Å². The highest BCUT2D eigenvalue weighted by Crippen LogP contribution is 2.30. The van der Waals surface area contributed by atoms with Crippen LogP contribution in [0.2, 0.25) is 10.0 Å². The predicted molar refractivity (Wildman–Crippen MR) is 84.4 cm³/mol. The summed E-state index contributed by atoms with van der Waals surface area (Å²) in [4.78, 5) is 4.44. The maximum absolute atomic E-state index is 9.24. The quantitative estimate of drug-likeness (QED) is 0.731. The Morgan fingerprint density at radius 2 is 2.00 bits per heavy atom. The number of thioether (sulfide) groups is 1. The minimum absolute atomic E-state index is 0.624. The van der Waals surface area contributed by atoms with Crippen molar-refractivity contribution in [1.29, 1.82) is 5.26 Å². The second kappa shape index (κ2) is 6.49. The van der Waals surface area contributed by atoms with Crippen molar-refractivity contribution in [3.63, 3.8) is 0 Å². The maximum Gasteiger partial charge on any atom is 0.115 e. The zero-order valence-corrected chi connectivity index (χ0v) is 13.4. The molecule has 0 aliphatic carbocycles. The molecule has 0 bridgehead atoms. The van der Waals surface area contributed by atoms with E-state index in [1.165, 1.54) is 11.8 Å². The zero-order chi connectivity index (χ0) is 14.7. The van der Waals surface area contributed by atoms with Crippen molar-refractivity contribution in [2.45, 2.75) is 24.6 Å². The molecule has 2 aromatic rings. The van der Waals surface area contributed by atoms with Gasteiger partial charge in [0.1, 0.15) is 11.1 Å². The van der Waals surface area contributed by atoms with Crippen LogP contribution in [-0.2, 0) is 5.75 Å². The number of nitrogens with zero attached hydrogens (tertiary/aromatic N) is 2. The van der Waals surface area contributed by atoms with Crippen molar-refractivity contribution in [1.82, 2.24) is 4.98 Å². The van der Waals surface area contributed by atoms with Gasteiger partial charge >= 0.3 is 0 Å². The summed E-state index contributed by atoms with van der Waals surface area (Å²) in [5.74, 6) is 0.629. The average molecular weight is 323 g/mol. The Morgan fingerprint density at radius 1 is 1.25 bits per heavy atom. The summed E-state index contributed by atoms with van der Waals surface area (Å²) in [5.41, 5.74) is 3.41. The van der Waals surface area contributed by atoms with Gasteiger partial charge in [0, 0.05) is 21.5 Å². The molecule has 20 heavy (non-hydrogen) atoms. The number of aromatic nitrogens is 1. The first-order valence-corrected chi connectivity index (χ1v) is 7.70. The van der Waals surface area contributed by atoms with Gasteiger partial charge in [-0.2, -0.15) is 5.26 Å². The SMILES string of the molecule is Cc1cc(C)c(C#N)c(SCc2cc(Cl)ccc2Cl)n1. The third kappa shape index (κ3) is 3.46. The molecule has 0 atom stereocenters. The fraction of sp³-hybridized carbons (Fsp3) is 0.200. The molecular weight excluding hydrogens is 311 g/mol. The fourth-order valence-electron chi connectivity index (χ4n) is 1.84. The van der Waals surface area contributed by atoms with E-state index >= 15 is 0 Å². The van der Waals surface area contributed by atoms with Crippen LogP contribution in [0.15, 0.2) is 29.3 Å². The van der Waals surface area contributed by atoms with Crippen molar-refractivity contribution in [3.8, 4) is 6.07 Å². The van der Waals surface area contributed by atoms with Gasteiger partial charge < -0.3 is 0 Å². The monoisotopic (exact) mass is 322 g/mol. The number of rotatable bonds is 3. The van der Waals surface area contributed by atoms with Crippen LogP contribution in [0, 0.1) is 25.2 Å². The number of halogens is 2. The van der Waals surface area contributed by atoms with E-state index in [-0.39, 0.29) is 0 Å². The molecule has 1 aromatic carbocycles. The van der Waals surface area contributed by atoms with Crippen molar-refractivity contribution in [2.75, 3.05) is 0 Å². The van der Waals surface area contributed by atoms with Crippen LogP contribution in [-0.4, -0.2) is 4.98 Å². The third-order valence-electron chi connectivity index (χ3n) is 2.80. The third-order valence-corrected chi connectivity index (χ3v) is 4.42. The van der Waals surface area contributed by atoms with Gasteiger partial charge in [0.25, 0.3) is 0 Å². The molecular formula is C15H12Cl2N2S. The summed E-state index contributed by atoms with van der Waals surface area (Å²) in [5, 5.41) is 11.3. The molecule has 0 fully saturated rings. The van der Waals surface area contributed by atoms with Gasteiger partial charge in [-0.05, 0) is 49.2 Å². The van der Waals surface area contributed by atoms with Gasteiger partial charge in [0.2, 0.25) is 0 Å². The summed E-state index contributed by atoms with van der Waals surface area (Å²) >= 11 is 13.6. The van der Waals surface area contributed by atoms with E-state index in [1.54, 1.807) is 12.1 Å². The molecule has 0 aliphatic heterocycles. The van der Waals surface area contributed by atoms with Crippen molar-refractivity contribution in [2.24, 2.45) is 0 Å². The molecule has 5 heteroatoms. The highest BCUT2D eigenvalue weighted by molar-refractivity contribution is 7.98. The van der Waals surface area contributed by atoms with E-state index < -0.39 is 0 Å². The molecule has 0 aliphatic rings. The summed E-state index contributed by atoms with van der Waals surface area (Å²) in [6.45, 7) is 3.84. The smallest absolute Gasteiger partial charge is 0.115 e. The molecule has 0 saturated carbocycles. The molecule has 0 unspecified atom stereocenters. The molecule has 0 amide bonds. The topological polar surface area (TPSA) is 36.7 Å². The Bertz CT molecular complexity index is 693. The van der Waals surface area contributed by atoms with Crippen LogP contribution in [0.5, 0.6) is 0 Å². The first kappa shape index (κ1) is 15.2. The molecule has 0 spiro atoms. The van der Waals surface area contributed by atoms with Gasteiger partial charge in [0.05, 0.1) is 5.56 Å². The Hall–Kier alpha value is -1.21. The lowest BCUT2D eigenvalue weighted by molar-refractivity contribution is 1.03. The highest BCUT2D eigenvalue weighted by atomic mass is 35.5. The Morgan fingerprint density at radius 3 is 2.70 bits per heavy atom. The minimum atomic E-state index is 0.624. The predicted octanol–water partition coefficient (Wildman–Crippen LogP) is 5.17. The lowest BCUT2D eigenvalue weighted by Gasteiger charge is -2.08. The number of benzene rings is 1. The van der Waals surface area contributed by atoms with Crippen LogP contribution < -0.4 is 0 Å². The lowest BCUT2D eigenvalue weighted by Crippen LogP contribution is -1.95. The minimum Gasteiger partial charge on any atom is -0.245 e. The van der Waals surface area contributed by atoms with Crippen molar-refractivity contribution < 1.29 is 0 Å². The number of aryl methyl sites for hydroxylation is 2. The van der Waals surface area contributed by atoms with Crippen LogP contribution >= 0.6 is 35.0 Å². The number of nitriles is 1. The number of hydrogen-bond acceptors (Lipinski definition) is 3. The van der Waals surface area contributed by atoms with Crippen LogP contribution in [0.4, 0.5) is 0 Å². The van der Waals surface area contributed by atoms with Gasteiger partial charge in [-0.3, -0.25) is 0 Å². The van der Waals surface area contributed by atoms with Crippen molar-refractivity contribution >= 4 is 35.0 Å². The van der Waals surface area contributed by atoms with Gasteiger partial charge in [0.15, 0.2) is 0 Å². The zero-order valence-electron chi connectivity index (χ0n) is 11.1. The maximum atomic E-state index is 9.24. The second-order valence-electron chi connectivity index (χ2n) is 4.40. The molecule has 0 saturated heterocycles. The summed E-state index contributed by atoms with van der Waals surface area (Å²) in [7, 11) is 0. The second-order valence-corrected chi connectivity index (χ2v) is 6.20. The van der Waals surface area contributed by atoms with E-state index in [0.717, 1.165) is 21.8 Å². The van der Waals surface area contributed by atoms with E-state index in [1.807, 2.05) is 26.0 Å². The van der Waals surface area contributed by atoms with E-state index in [2.05, 4.69) is 11.1 Å². The summed E-state index contributed by atoms with van der Waals surface area (Å²) in [6.07, 6.45) is 0. The fourth-order valence-corrected chi connectivity index (χ4v) is 3.39. The Labute approximate surface area is 132 Å².